The van der Waals surface area contributed by atoms with Crippen molar-refractivity contribution >= 4 is 33.2 Å². The van der Waals surface area contributed by atoms with Crippen LogP contribution in [0.2, 0.25) is 0 Å². The molecule has 100 valence electrons. The first-order valence-electron chi connectivity index (χ1n) is 6.02. The van der Waals surface area contributed by atoms with Crippen molar-refractivity contribution in [1.29, 1.82) is 0 Å². The number of aryl methyl sites for hydroxylation is 1. The van der Waals surface area contributed by atoms with Crippen LogP contribution in [0.3, 0.4) is 0 Å². The van der Waals surface area contributed by atoms with Gasteiger partial charge in [0.2, 0.25) is 0 Å². The van der Waals surface area contributed by atoms with Gasteiger partial charge in [-0.05, 0) is 43.3 Å². The van der Waals surface area contributed by atoms with E-state index in [9.17, 15) is 4.79 Å². The fraction of sp³-hybridized carbons (Fsp3) is 0.0714. The predicted molar refractivity (Wildman–Crippen MR) is 79.8 cm³/mol. The van der Waals surface area contributed by atoms with Crippen molar-refractivity contribution in [1.82, 2.24) is 14.6 Å². The largest absolute Gasteiger partial charge is 0.321 e. The number of carbonyl (C=O) groups is 1. The van der Waals surface area contributed by atoms with E-state index in [0.29, 0.717) is 5.69 Å². The first-order chi connectivity index (χ1) is 9.61. The Kier molecular flexibility index (Phi) is 3.23. The molecule has 0 aliphatic heterocycles. The fourth-order valence-electron chi connectivity index (χ4n) is 1.85. The quantitative estimate of drug-likeness (QED) is 0.785. The van der Waals surface area contributed by atoms with Gasteiger partial charge in [-0.2, -0.15) is 5.10 Å². The number of nitrogens with one attached hydrogen (secondary N) is 1. The van der Waals surface area contributed by atoms with Gasteiger partial charge >= 0.3 is 0 Å². The molecule has 0 spiro atoms. The van der Waals surface area contributed by atoms with Crippen molar-refractivity contribution in [2.45, 2.75) is 6.92 Å². The molecule has 5 nitrogen and oxygen atoms in total. The van der Waals surface area contributed by atoms with E-state index in [0.717, 1.165) is 21.5 Å². The number of benzene rings is 1. The van der Waals surface area contributed by atoms with Crippen LogP contribution in [0.4, 0.5) is 5.69 Å². The Morgan fingerprint density at radius 1 is 1.20 bits per heavy atom. The van der Waals surface area contributed by atoms with E-state index in [1.54, 1.807) is 22.8 Å². The van der Waals surface area contributed by atoms with Gasteiger partial charge in [0.1, 0.15) is 5.69 Å². The molecule has 0 atom stereocenters. The number of nitrogens with zero attached hydrogens (tertiary/aromatic N) is 3. The van der Waals surface area contributed by atoms with E-state index in [1.165, 1.54) is 0 Å². The number of carbonyl (C=O) groups excluding carboxylic acids is 1. The van der Waals surface area contributed by atoms with Gasteiger partial charge in [-0.25, -0.2) is 9.50 Å². The summed E-state index contributed by atoms with van der Waals surface area (Å²) in [5.74, 6) is -0.249. The van der Waals surface area contributed by atoms with Gasteiger partial charge in [0.25, 0.3) is 5.91 Å². The van der Waals surface area contributed by atoms with Crippen LogP contribution in [-0.2, 0) is 0 Å². The minimum atomic E-state index is -0.249. The molecule has 0 radical (unpaired) electrons. The van der Waals surface area contributed by atoms with Gasteiger partial charge in [-0.15, -0.1) is 0 Å². The highest BCUT2D eigenvalue weighted by Gasteiger charge is 2.09. The molecule has 3 rings (SSSR count). The molecule has 2 heterocycles. The maximum atomic E-state index is 12.1. The van der Waals surface area contributed by atoms with Crippen LogP contribution in [0, 0.1) is 6.92 Å². The fourth-order valence-corrected chi connectivity index (χ4v) is 2.11. The summed E-state index contributed by atoms with van der Waals surface area (Å²) in [6.07, 6.45) is 1.78. The maximum absolute atomic E-state index is 12.1. The third-order valence-corrected chi connectivity index (χ3v) is 3.30. The molecule has 0 saturated carbocycles. The Morgan fingerprint density at radius 3 is 2.70 bits per heavy atom. The van der Waals surface area contributed by atoms with Crippen LogP contribution in [0.25, 0.3) is 5.65 Å². The Morgan fingerprint density at radius 2 is 1.95 bits per heavy atom. The Hall–Kier alpha value is -2.21. The van der Waals surface area contributed by atoms with Gasteiger partial charge in [0.05, 0.1) is 11.9 Å². The van der Waals surface area contributed by atoms with E-state index in [4.69, 9.17) is 0 Å². The molecule has 0 saturated heterocycles. The molecule has 0 bridgehead atoms. The monoisotopic (exact) mass is 330 g/mol. The number of aromatic nitrogens is 3. The van der Waals surface area contributed by atoms with Gasteiger partial charge in [0.15, 0.2) is 5.65 Å². The highest BCUT2D eigenvalue weighted by molar-refractivity contribution is 9.10. The van der Waals surface area contributed by atoms with Crippen LogP contribution in [-0.4, -0.2) is 20.5 Å². The second-order valence-electron chi connectivity index (χ2n) is 4.36. The molecule has 1 amide bonds. The minimum absolute atomic E-state index is 0.249. The van der Waals surface area contributed by atoms with Crippen molar-refractivity contribution in [3.05, 3.63) is 58.5 Å². The molecular weight excluding hydrogens is 320 g/mol. The zero-order valence-electron chi connectivity index (χ0n) is 10.7. The number of fused-ring (bicyclic) bond motifs is 1. The number of amides is 1. The third kappa shape index (κ3) is 2.55. The maximum Gasteiger partial charge on any atom is 0.276 e. The summed E-state index contributed by atoms with van der Waals surface area (Å²) in [5, 5.41) is 7.04. The average molecular weight is 331 g/mol. The molecule has 20 heavy (non-hydrogen) atoms. The second-order valence-corrected chi connectivity index (χ2v) is 5.28. The molecule has 1 aromatic carbocycles. The zero-order chi connectivity index (χ0) is 14.1. The number of hydrogen-bond acceptors (Lipinski definition) is 3. The van der Waals surface area contributed by atoms with Crippen molar-refractivity contribution in [3.63, 3.8) is 0 Å². The summed E-state index contributed by atoms with van der Waals surface area (Å²) in [6.45, 7) is 1.89. The standard InChI is InChI=1S/C14H11BrN4O/c1-9-8-19-13(16-9)7-6-12(18-19)14(20)17-11-4-2-10(15)3-5-11/h2-8H,1H3,(H,17,20). The van der Waals surface area contributed by atoms with E-state index in [-0.39, 0.29) is 5.91 Å². The molecular formula is C14H11BrN4O. The Labute approximate surface area is 123 Å². The SMILES string of the molecule is Cc1cn2nc(C(=O)Nc3ccc(Br)cc3)ccc2n1. The molecule has 0 aliphatic carbocycles. The highest BCUT2D eigenvalue weighted by Crippen LogP contribution is 2.15. The molecule has 0 unspecified atom stereocenters. The van der Waals surface area contributed by atoms with Crippen molar-refractivity contribution in [3.8, 4) is 0 Å². The summed E-state index contributed by atoms with van der Waals surface area (Å²) < 4.78 is 2.56. The van der Waals surface area contributed by atoms with Gasteiger partial charge in [0, 0.05) is 10.2 Å². The van der Waals surface area contributed by atoms with Crippen LogP contribution < -0.4 is 5.32 Å². The second kappa shape index (κ2) is 5.05. The summed E-state index contributed by atoms with van der Waals surface area (Å²) in [7, 11) is 0. The lowest BCUT2D eigenvalue weighted by Gasteiger charge is -2.04. The predicted octanol–water partition coefficient (Wildman–Crippen LogP) is 3.05. The molecule has 6 heteroatoms. The smallest absolute Gasteiger partial charge is 0.276 e. The van der Waals surface area contributed by atoms with Gasteiger partial charge in [-0.1, -0.05) is 15.9 Å². The molecule has 0 aliphatic rings. The number of rotatable bonds is 2. The Bertz CT molecular complexity index is 779. The molecule has 1 N–H and O–H groups in total. The summed E-state index contributed by atoms with van der Waals surface area (Å²) in [6, 6.07) is 10.8. The zero-order valence-corrected chi connectivity index (χ0v) is 12.3. The first-order valence-corrected chi connectivity index (χ1v) is 6.81. The number of anilines is 1. The lowest BCUT2D eigenvalue weighted by molar-refractivity contribution is 0.102. The van der Waals surface area contributed by atoms with Crippen LogP contribution >= 0.6 is 15.9 Å². The van der Waals surface area contributed by atoms with Gasteiger partial charge in [-0.3, -0.25) is 4.79 Å². The van der Waals surface area contributed by atoms with Crippen LogP contribution in [0.5, 0.6) is 0 Å². The lowest BCUT2D eigenvalue weighted by atomic mass is 10.3. The van der Waals surface area contributed by atoms with Crippen molar-refractivity contribution in [2.75, 3.05) is 5.32 Å². The Balaban J connectivity index is 1.86. The molecule has 0 fully saturated rings. The normalized spacial score (nSPS) is 10.7. The lowest BCUT2D eigenvalue weighted by Crippen LogP contribution is -2.15. The summed E-state index contributed by atoms with van der Waals surface area (Å²) in [5.41, 5.74) is 2.66. The third-order valence-electron chi connectivity index (χ3n) is 2.78. The van der Waals surface area contributed by atoms with E-state index in [2.05, 4.69) is 31.3 Å². The number of halogens is 1. The molecule has 3 aromatic rings. The van der Waals surface area contributed by atoms with Crippen molar-refractivity contribution in [2.24, 2.45) is 0 Å². The van der Waals surface area contributed by atoms with Gasteiger partial charge < -0.3 is 5.32 Å². The highest BCUT2D eigenvalue weighted by atomic mass is 79.9. The van der Waals surface area contributed by atoms with Crippen molar-refractivity contribution < 1.29 is 4.79 Å². The van der Waals surface area contributed by atoms with E-state index < -0.39 is 0 Å². The summed E-state index contributed by atoms with van der Waals surface area (Å²) in [4.78, 5) is 16.4. The number of hydrogen-bond donors (Lipinski definition) is 1. The van der Waals surface area contributed by atoms with E-state index >= 15 is 0 Å². The number of imidazole rings is 1. The first kappa shape index (κ1) is 12.8. The topological polar surface area (TPSA) is 59.3 Å². The van der Waals surface area contributed by atoms with Crippen LogP contribution in [0.15, 0.2) is 47.1 Å². The summed E-state index contributed by atoms with van der Waals surface area (Å²) >= 11 is 3.35. The molecule has 2 aromatic heterocycles. The minimum Gasteiger partial charge on any atom is -0.321 e. The van der Waals surface area contributed by atoms with E-state index in [1.807, 2.05) is 31.2 Å². The van der Waals surface area contributed by atoms with Crippen LogP contribution in [0.1, 0.15) is 16.2 Å². The average Bonchev–Trinajstić information content (AvgIpc) is 2.80.